The lowest BCUT2D eigenvalue weighted by atomic mass is 10.2. The summed E-state index contributed by atoms with van der Waals surface area (Å²) in [7, 11) is 0. The maximum atomic E-state index is 11.8. The molecule has 2 rings (SSSR count). The topological polar surface area (TPSA) is 39.2 Å². The van der Waals surface area contributed by atoms with Crippen LogP contribution in [0.25, 0.3) is 0 Å². The number of hydrogen-bond donors (Lipinski definition) is 0. The molecule has 0 fully saturated rings. The van der Waals surface area contributed by atoms with E-state index in [9.17, 15) is 4.79 Å². The molecule has 0 aliphatic rings. The molecule has 0 N–H and O–H groups in total. The van der Waals surface area contributed by atoms with E-state index < -0.39 is 5.97 Å². The number of rotatable bonds is 2. The van der Waals surface area contributed by atoms with E-state index in [0.29, 0.717) is 5.75 Å². The lowest BCUT2D eigenvalue weighted by molar-refractivity contribution is 0.0734. The molecule has 0 radical (unpaired) electrons. The van der Waals surface area contributed by atoms with Gasteiger partial charge in [-0.25, -0.2) is 9.78 Å². The number of aryl methyl sites for hydroxylation is 1. The summed E-state index contributed by atoms with van der Waals surface area (Å²) in [6, 6.07) is 10.4. The van der Waals surface area contributed by atoms with Crippen LogP contribution in [0.4, 0.5) is 0 Å². The van der Waals surface area contributed by atoms with Crippen molar-refractivity contribution in [3.63, 3.8) is 0 Å². The van der Waals surface area contributed by atoms with Gasteiger partial charge in [0.2, 0.25) is 0 Å². The molecule has 0 atom stereocenters. The largest absolute Gasteiger partial charge is 0.423 e. The number of esters is 1. The molecule has 1 aromatic heterocycles. The van der Waals surface area contributed by atoms with Crippen molar-refractivity contribution in [3.05, 3.63) is 58.9 Å². The van der Waals surface area contributed by atoms with Crippen molar-refractivity contribution in [2.24, 2.45) is 0 Å². The Labute approximate surface area is 104 Å². The second-order valence-corrected chi connectivity index (χ2v) is 3.90. The van der Waals surface area contributed by atoms with Crippen molar-refractivity contribution in [3.8, 4) is 5.75 Å². The molecule has 4 heteroatoms. The molecular formula is C13H10ClNO2. The number of ether oxygens (including phenoxy) is 1. The number of carbonyl (C=O) groups is 1. The second-order valence-electron chi connectivity index (χ2n) is 3.54. The van der Waals surface area contributed by atoms with Gasteiger partial charge in [0.05, 0.1) is 5.56 Å². The summed E-state index contributed by atoms with van der Waals surface area (Å²) < 4.78 is 5.17. The van der Waals surface area contributed by atoms with E-state index in [1.54, 1.807) is 24.3 Å². The van der Waals surface area contributed by atoms with Gasteiger partial charge in [0.15, 0.2) is 0 Å². The third kappa shape index (κ3) is 2.82. The second kappa shape index (κ2) is 4.97. The maximum absolute atomic E-state index is 11.8. The lowest BCUT2D eigenvalue weighted by Crippen LogP contribution is -2.09. The number of hydrogen-bond acceptors (Lipinski definition) is 3. The predicted molar refractivity (Wildman–Crippen MR) is 65.4 cm³/mol. The van der Waals surface area contributed by atoms with Crippen LogP contribution in [0.1, 0.15) is 15.9 Å². The molecule has 0 spiro atoms. The average Bonchev–Trinajstić information content (AvgIpc) is 2.32. The predicted octanol–water partition coefficient (Wildman–Crippen LogP) is 3.26. The first kappa shape index (κ1) is 11.6. The van der Waals surface area contributed by atoms with Crippen LogP contribution in [0.15, 0.2) is 42.6 Å². The van der Waals surface area contributed by atoms with Crippen molar-refractivity contribution >= 4 is 17.6 Å². The minimum atomic E-state index is -0.507. The van der Waals surface area contributed by atoms with E-state index in [2.05, 4.69) is 4.98 Å². The summed E-state index contributed by atoms with van der Waals surface area (Å²) in [4.78, 5) is 15.6. The van der Waals surface area contributed by atoms with Crippen LogP contribution in [0.5, 0.6) is 5.75 Å². The Morgan fingerprint density at radius 1 is 1.24 bits per heavy atom. The first-order valence-corrected chi connectivity index (χ1v) is 5.44. The summed E-state index contributed by atoms with van der Waals surface area (Å²) in [5, 5.41) is 0.143. The summed E-state index contributed by atoms with van der Waals surface area (Å²) in [6.45, 7) is 1.96. The van der Waals surface area contributed by atoms with E-state index >= 15 is 0 Å². The molecule has 3 nitrogen and oxygen atoms in total. The maximum Gasteiger partial charge on any atom is 0.346 e. The Morgan fingerprint density at radius 3 is 2.59 bits per heavy atom. The zero-order valence-corrected chi connectivity index (χ0v) is 9.94. The van der Waals surface area contributed by atoms with Crippen LogP contribution >= 0.6 is 11.6 Å². The van der Waals surface area contributed by atoms with E-state index in [1.165, 1.54) is 6.20 Å². The van der Waals surface area contributed by atoms with Crippen LogP contribution in [0.2, 0.25) is 5.15 Å². The molecule has 86 valence electrons. The van der Waals surface area contributed by atoms with Crippen LogP contribution in [0.3, 0.4) is 0 Å². The van der Waals surface area contributed by atoms with E-state index in [-0.39, 0.29) is 10.7 Å². The van der Waals surface area contributed by atoms with Gasteiger partial charge in [-0.15, -0.1) is 0 Å². The van der Waals surface area contributed by atoms with Gasteiger partial charge in [-0.2, -0.15) is 0 Å². The first-order valence-electron chi connectivity index (χ1n) is 5.06. The molecule has 0 aliphatic heterocycles. The third-order valence-electron chi connectivity index (χ3n) is 2.21. The zero-order chi connectivity index (χ0) is 12.3. The quantitative estimate of drug-likeness (QED) is 0.465. The van der Waals surface area contributed by atoms with Gasteiger partial charge in [-0.05, 0) is 31.2 Å². The lowest BCUT2D eigenvalue weighted by Gasteiger charge is -2.05. The first-order chi connectivity index (χ1) is 8.16. The van der Waals surface area contributed by atoms with Gasteiger partial charge in [-0.1, -0.05) is 29.3 Å². The summed E-state index contributed by atoms with van der Waals surface area (Å²) >= 11 is 5.80. The Hall–Kier alpha value is -1.87. The van der Waals surface area contributed by atoms with Crippen LogP contribution < -0.4 is 4.74 Å². The normalized spacial score (nSPS) is 10.0. The smallest absolute Gasteiger partial charge is 0.346 e. The molecule has 0 saturated heterocycles. The number of pyridine rings is 1. The summed E-state index contributed by atoms with van der Waals surface area (Å²) in [5.41, 5.74) is 1.36. The molecule has 1 aromatic carbocycles. The van der Waals surface area contributed by atoms with Crippen molar-refractivity contribution in [1.82, 2.24) is 4.98 Å². The Kier molecular flexibility index (Phi) is 3.40. The molecular weight excluding hydrogens is 238 g/mol. The molecule has 0 saturated carbocycles. The van der Waals surface area contributed by atoms with Gasteiger partial charge >= 0.3 is 5.97 Å². The molecule has 17 heavy (non-hydrogen) atoms. The highest BCUT2D eigenvalue weighted by Gasteiger charge is 2.12. The van der Waals surface area contributed by atoms with Gasteiger partial charge in [0, 0.05) is 6.20 Å². The van der Waals surface area contributed by atoms with Gasteiger partial charge in [0.1, 0.15) is 10.9 Å². The molecule has 1 heterocycles. The van der Waals surface area contributed by atoms with Gasteiger partial charge < -0.3 is 4.74 Å². The number of carbonyl (C=O) groups excluding carboxylic acids is 1. The van der Waals surface area contributed by atoms with E-state index in [1.807, 2.05) is 19.1 Å². The fourth-order valence-electron chi connectivity index (χ4n) is 1.31. The van der Waals surface area contributed by atoms with Gasteiger partial charge in [0.25, 0.3) is 0 Å². The molecule has 0 bridgehead atoms. The minimum Gasteiger partial charge on any atom is -0.423 e. The van der Waals surface area contributed by atoms with Crippen LogP contribution in [-0.2, 0) is 0 Å². The van der Waals surface area contributed by atoms with Crippen molar-refractivity contribution in [2.75, 3.05) is 0 Å². The summed E-state index contributed by atoms with van der Waals surface area (Å²) in [6.07, 6.45) is 1.52. The highest BCUT2D eigenvalue weighted by atomic mass is 35.5. The van der Waals surface area contributed by atoms with Crippen LogP contribution in [0, 0.1) is 6.92 Å². The number of benzene rings is 1. The number of halogens is 1. The van der Waals surface area contributed by atoms with Crippen molar-refractivity contribution in [1.29, 1.82) is 0 Å². The Balaban J connectivity index is 2.17. The molecule has 0 aliphatic carbocycles. The molecule has 0 amide bonds. The van der Waals surface area contributed by atoms with E-state index in [4.69, 9.17) is 16.3 Å². The SMILES string of the molecule is Cc1ccc(OC(=O)c2cccnc2Cl)cc1. The monoisotopic (exact) mass is 247 g/mol. The molecule has 0 unspecified atom stereocenters. The number of nitrogens with zero attached hydrogens (tertiary/aromatic N) is 1. The molecule has 2 aromatic rings. The third-order valence-corrected chi connectivity index (χ3v) is 2.51. The highest BCUT2D eigenvalue weighted by Crippen LogP contribution is 2.17. The summed E-state index contributed by atoms with van der Waals surface area (Å²) in [5.74, 6) is -0.0209. The van der Waals surface area contributed by atoms with Crippen molar-refractivity contribution in [2.45, 2.75) is 6.92 Å². The average molecular weight is 248 g/mol. The highest BCUT2D eigenvalue weighted by molar-refractivity contribution is 6.32. The van der Waals surface area contributed by atoms with Crippen LogP contribution in [-0.4, -0.2) is 11.0 Å². The minimum absolute atomic E-state index is 0.143. The Bertz CT molecular complexity index is 537. The fraction of sp³-hybridized carbons (Fsp3) is 0.0769. The van der Waals surface area contributed by atoms with Crippen molar-refractivity contribution < 1.29 is 9.53 Å². The standard InChI is InChI=1S/C13H10ClNO2/c1-9-4-6-10(7-5-9)17-13(16)11-3-2-8-15-12(11)14/h2-8H,1H3. The van der Waals surface area contributed by atoms with Gasteiger partial charge in [-0.3, -0.25) is 0 Å². The zero-order valence-electron chi connectivity index (χ0n) is 9.18. The Morgan fingerprint density at radius 2 is 1.94 bits per heavy atom. The fourth-order valence-corrected chi connectivity index (χ4v) is 1.50. The number of aromatic nitrogens is 1. The van der Waals surface area contributed by atoms with E-state index in [0.717, 1.165) is 5.56 Å².